The summed E-state index contributed by atoms with van der Waals surface area (Å²) in [5.41, 5.74) is 2.11. The molecule has 0 amide bonds. The van der Waals surface area contributed by atoms with Gasteiger partial charge in [0.15, 0.2) is 0 Å². The molecule has 0 aromatic heterocycles. The maximum atomic E-state index is 10.7. The first kappa shape index (κ1) is 16.8. The number of aliphatic hydroxyl groups is 1. The molecule has 0 spiro atoms. The van der Waals surface area contributed by atoms with Crippen LogP contribution >= 0.6 is 11.6 Å². The Morgan fingerprint density at radius 3 is 2.32 bits per heavy atom. The van der Waals surface area contributed by atoms with Crippen LogP contribution in [0.15, 0.2) is 54.6 Å². The summed E-state index contributed by atoms with van der Waals surface area (Å²) in [7, 11) is 2.00. The molecule has 0 bridgehead atoms. The average molecular weight is 319 g/mol. The van der Waals surface area contributed by atoms with Gasteiger partial charge < -0.3 is 15.3 Å². The Labute approximate surface area is 137 Å². The van der Waals surface area contributed by atoms with Gasteiger partial charge in [-0.1, -0.05) is 48.9 Å². The quantitative estimate of drug-likeness (QED) is 0.820. The van der Waals surface area contributed by atoms with Gasteiger partial charge in [-0.3, -0.25) is 0 Å². The maximum absolute atomic E-state index is 10.7. The number of para-hydroxylation sites is 1. The number of halogens is 1. The minimum Gasteiger partial charge on any atom is -0.389 e. The van der Waals surface area contributed by atoms with Crippen molar-refractivity contribution in [2.45, 2.75) is 19.1 Å². The molecule has 4 heteroatoms. The third kappa shape index (κ3) is 4.23. The molecule has 2 aromatic rings. The van der Waals surface area contributed by atoms with Crippen molar-refractivity contribution in [1.29, 1.82) is 0 Å². The lowest BCUT2D eigenvalue weighted by Crippen LogP contribution is -2.40. The molecule has 2 atom stereocenters. The number of rotatable bonds is 7. The van der Waals surface area contributed by atoms with Gasteiger partial charge in [0.1, 0.15) is 0 Å². The Balaban J connectivity index is 2.30. The number of benzene rings is 2. The Kier molecular flexibility index (Phi) is 6.25. The zero-order valence-electron chi connectivity index (χ0n) is 13.0. The molecule has 2 aromatic carbocycles. The van der Waals surface area contributed by atoms with Crippen LogP contribution in [0.5, 0.6) is 0 Å². The standard InChI is InChI=1S/C18H23ClN2O/c1-3-20-13-17(22)18(14-9-11-15(19)12-10-14)21(2)16-7-5-4-6-8-16/h4-12,17-18,20,22H,3,13H2,1-2H3/t17-,18+/m1/s1. The van der Waals surface area contributed by atoms with Gasteiger partial charge in [0, 0.05) is 24.3 Å². The van der Waals surface area contributed by atoms with E-state index < -0.39 is 6.10 Å². The van der Waals surface area contributed by atoms with E-state index in [1.54, 1.807) is 0 Å². The fraction of sp³-hybridized carbons (Fsp3) is 0.333. The predicted octanol–water partition coefficient (Wildman–Crippen LogP) is 3.49. The third-order valence-electron chi connectivity index (χ3n) is 3.76. The minimum absolute atomic E-state index is 0.140. The largest absolute Gasteiger partial charge is 0.389 e. The molecule has 0 unspecified atom stereocenters. The van der Waals surface area contributed by atoms with E-state index in [0.29, 0.717) is 11.6 Å². The van der Waals surface area contributed by atoms with Crippen molar-refractivity contribution in [2.24, 2.45) is 0 Å². The molecule has 0 aliphatic carbocycles. The monoisotopic (exact) mass is 318 g/mol. The van der Waals surface area contributed by atoms with Crippen LogP contribution in [0.25, 0.3) is 0 Å². The molecule has 0 fully saturated rings. The highest BCUT2D eigenvalue weighted by atomic mass is 35.5. The van der Waals surface area contributed by atoms with Gasteiger partial charge in [-0.15, -0.1) is 0 Å². The van der Waals surface area contributed by atoms with Crippen LogP contribution < -0.4 is 10.2 Å². The molecule has 2 N–H and O–H groups in total. The molecule has 22 heavy (non-hydrogen) atoms. The van der Waals surface area contributed by atoms with Crippen molar-refractivity contribution in [1.82, 2.24) is 5.32 Å². The SMILES string of the molecule is CCNC[C@@H](O)[C@H](c1ccc(Cl)cc1)N(C)c1ccccc1. The van der Waals surface area contributed by atoms with E-state index in [1.807, 2.05) is 68.6 Å². The number of hydrogen-bond acceptors (Lipinski definition) is 3. The number of anilines is 1. The Morgan fingerprint density at radius 1 is 1.09 bits per heavy atom. The predicted molar refractivity (Wildman–Crippen MR) is 93.6 cm³/mol. The summed E-state index contributed by atoms with van der Waals surface area (Å²) >= 11 is 5.99. The Hall–Kier alpha value is -1.55. The minimum atomic E-state index is -0.522. The highest BCUT2D eigenvalue weighted by molar-refractivity contribution is 6.30. The van der Waals surface area contributed by atoms with Crippen molar-refractivity contribution < 1.29 is 5.11 Å². The first-order valence-corrected chi connectivity index (χ1v) is 7.93. The number of nitrogens with zero attached hydrogens (tertiary/aromatic N) is 1. The zero-order chi connectivity index (χ0) is 15.9. The molecular weight excluding hydrogens is 296 g/mol. The Bertz CT molecular complexity index is 559. The van der Waals surface area contributed by atoms with E-state index in [9.17, 15) is 5.11 Å². The van der Waals surface area contributed by atoms with E-state index in [4.69, 9.17) is 11.6 Å². The van der Waals surface area contributed by atoms with Gasteiger partial charge in [-0.25, -0.2) is 0 Å². The van der Waals surface area contributed by atoms with Crippen LogP contribution in [0.1, 0.15) is 18.5 Å². The summed E-state index contributed by atoms with van der Waals surface area (Å²) in [6.07, 6.45) is -0.522. The molecule has 0 radical (unpaired) electrons. The topological polar surface area (TPSA) is 35.5 Å². The molecular formula is C18H23ClN2O. The van der Waals surface area contributed by atoms with Crippen LogP contribution in [0.3, 0.4) is 0 Å². The number of likely N-dealkylation sites (N-methyl/N-ethyl adjacent to an activating group) is 2. The summed E-state index contributed by atoms with van der Waals surface area (Å²) < 4.78 is 0. The smallest absolute Gasteiger partial charge is 0.0909 e. The third-order valence-corrected chi connectivity index (χ3v) is 4.01. The van der Waals surface area contributed by atoms with Crippen LogP contribution in [-0.2, 0) is 0 Å². The molecule has 3 nitrogen and oxygen atoms in total. The Morgan fingerprint density at radius 2 is 1.73 bits per heavy atom. The first-order valence-electron chi connectivity index (χ1n) is 7.55. The average Bonchev–Trinajstić information content (AvgIpc) is 2.55. The summed E-state index contributed by atoms with van der Waals surface area (Å²) in [5.74, 6) is 0. The molecule has 2 rings (SSSR count). The van der Waals surface area contributed by atoms with Crippen LogP contribution in [0.4, 0.5) is 5.69 Å². The first-order chi connectivity index (χ1) is 10.6. The molecule has 118 valence electrons. The highest BCUT2D eigenvalue weighted by Crippen LogP contribution is 2.29. The number of hydrogen-bond donors (Lipinski definition) is 2. The van der Waals surface area contributed by atoms with Crippen molar-refractivity contribution in [2.75, 3.05) is 25.0 Å². The normalized spacial score (nSPS) is 13.6. The second-order valence-electron chi connectivity index (χ2n) is 5.32. The van der Waals surface area contributed by atoms with E-state index in [-0.39, 0.29) is 6.04 Å². The van der Waals surface area contributed by atoms with Crippen LogP contribution in [-0.4, -0.2) is 31.3 Å². The van der Waals surface area contributed by atoms with Crippen molar-refractivity contribution in [3.63, 3.8) is 0 Å². The molecule has 0 aliphatic heterocycles. The summed E-state index contributed by atoms with van der Waals surface area (Å²) in [4.78, 5) is 2.10. The maximum Gasteiger partial charge on any atom is 0.0909 e. The molecule has 0 saturated carbocycles. The van der Waals surface area contributed by atoms with Crippen molar-refractivity contribution >= 4 is 17.3 Å². The van der Waals surface area contributed by atoms with Gasteiger partial charge in [0.05, 0.1) is 12.1 Å². The van der Waals surface area contributed by atoms with Gasteiger partial charge in [0.25, 0.3) is 0 Å². The van der Waals surface area contributed by atoms with E-state index in [1.165, 1.54) is 0 Å². The van der Waals surface area contributed by atoms with Gasteiger partial charge >= 0.3 is 0 Å². The van der Waals surface area contributed by atoms with E-state index >= 15 is 0 Å². The second-order valence-corrected chi connectivity index (χ2v) is 5.75. The van der Waals surface area contributed by atoms with Crippen LogP contribution in [0.2, 0.25) is 5.02 Å². The fourth-order valence-electron chi connectivity index (χ4n) is 2.59. The molecule has 0 heterocycles. The van der Waals surface area contributed by atoms with Crippen molar-refractivity contribution in [3.8, 4) is 0 Å². The summed E-state index contributed by atoms with van der Waals surface area (Å²) in [5, 5.41) is 14.6. The lowest BCUT2D eigenvalue weighted by atomic mass is 9.99. The van der Waals surface area contributed by atoms with Crippen LogP contribution in [0, 0.1) is 0 Å². The van der Waals surface area contributed by atoms with E-state index in [0.717, 1.165) is 17.8 Å². The lowest BCUT2D eigenvalue weighted by Gasteiger charge is -2.34. The van der Waals surface area contributed by atoms with Gasteiger partial charge in [-0.05, 0) is 36.4 Å². The van der Waals surface area contributed by atoms with Gasteiger partial charge in [-0.2, -0.15) is 0 Å². The zero-order valence-corrected chi connectivity index (χ0v) is 13.8. The summed E-state index contributed by atoms with van der Waals surface area (Å²) in [6.45, 7) is 3.41. The van der Waals surface area contributed by atoms with E-state index in [2.05, 4.69) is 10.2 Å². The highest BCUT2D eigenvalue weighted by Gasteiger charge is 2.25. The molecule has 0 aliphatic rings. The van der Waals surface area contributed by atoms with Crippen molar-refractivity contribution in [3.05, 3.63) is 65.2 Å². The fourth-order valence-corrected chi connectivity index (χ4v) is 2.72. The number of nitrogens with one attached hydrogen (secondary N) is 1. The molecule has 0 saturated heterocycles. The van der Waals surface area contributed by atoms with Gasteiger partial charge in [0.2, 0.25) is 0 Å². The lowest BCUT2D eigenvalue weighted by molar-refractivity contribution is 0.141. The summed E-state index contributed by atoms with van der Waals surface area (Å²) in [6, 6.07) is 17.6. The number of aliphatic hydroxyl groups excluding tert-OH is 1. The second kappa shape index (κ2) is 8.18.